The zero-order valence-corrected chi connectivity index (χ0v) is 17.9. The molecule has 2 aromatic rings. The molecule has 1 aromatic carbocycles. The second-order valence-electron chi connectivity index (χ2n) is 8.29. The standard InChI is InChI=1S/C25H34N2O2/c1-3-5-6-8-19-9-15-23(16-10-19)29-25(28)22-13-11-21(12-14-22)24-26-17-20(7-4-2)18-27-24/h11-14,17-19,23H,3-10,15-16H2,1-2H3. The van der Waals surface area contributed by atoms with E-state index >= 15 is 0 Å². The number of esters is 1. The van der Waals surface area contributed by atoms with Crippen molar-refractivity contribution < 1.29 is 9.53 Å². The normalized spacial score (nSPS) is 19.1. The van der Waals surface area contributed by atoms with Crippen LogP contribution in [0, 0.1) is 5.92 Å². The first-order chi connectivity index (χ1) is 14.2. The van der Waals surface area contributed by atoms with Crippen LogP contribution in [0.25, 0.3) is 11.4 Å². The third-order valence-corrected chi connectivity index (χ3v) is 5.91. The van der Waals surface area contributed by atoms with Crippen molar-refractivity contribution in [2.75, 3.05) is 0 Å². The van der Waals surface area contributed by atoms with Crippen LogP contribution >= 0.6 is 0 Å². The van der Waals surface area contributed by atoms with Crippen molar-refractivity contribution in [3.63, 3.8) is 0 Å². The van der Waals surface area contributed by atoms with Crippen LogP contribution in [0.3, 0.4) is 0 Å². The summed E-state index contributed by atoms with van der Waals surface area (Å²) in [5.74, 6) is 1.29. The average molecular weight is 395 g/mol. The second-order valence-corrected chi connectivity index (χ2v) is 8.29. The molecule has 0 aliphatic heterocycles. The fourth-order valence-electron chi connectivity index (χ4n) is 4.12. The highest BCUT2D eigenvalue weighted by molar-refractivity contribution is 5.90. The molecule has 1 fully saturated rings. The third-order valence-electron chi connectivity index (χ3n) is 5.91. The van der Waals surface area contributed by atoms with E-state index < -0.39 is 0 Å². The van der Waals surface area contributed by atoms with Crippen molar-refractivity contribution in [1.29, 1.82) is 0 Å². The summed E-state index contributed by atoms with van der Waals surface area (Å²) in [6.07, 6.45) is 15.6. The number of carbonyl (C=O) groups excluding carboxylic acids is 1. The molecule has 0 radical (unpaired) electrons. The zero-order chi connectivity index (χ0) is 20.5. The van der Waals surface area contributed by atoms with Gasteiger partial charge in [0.15, 0.2) is 5.82 Å². The molecule has 29 heavy (non-hydrogen) atoms. The molecule has 1 heterocycles. The number of ether oxygens (including phenoxy) is 1. The van der Waals surface area contributed by atoms with Crippen molar-refractivity contribution in [3.8, 4) is 11.4 Å². The molecule has 0 atom stereocenters. The molecular weight excluding hydrogens is 360 g/mol. The van der Waals surface area contributed by atoms with E-state index in [0.29, 0.717) is 11.4 Å². The molecule has 1 saturated carbocycles. The molecule has 0 amide bonds. The molecule has 1 aliphatic carbocycles. The smallest absolute Gasteiger partial charge is 0.338 e. The van der Waals surface area contributed by atoms with Crippen molar-refractivity contribution in [1.82, 2.24) is 9.97 Å². The van der Waals surface area contributed by atoms with Gasteiger partial charge in [-0.05, 0) is 55.7 Å². The van der Waals surface area contributed by atoms with Gasteiger partial charge in [0.2, 0.25) is 0 Å². The molecule has 0 bridgehead atoms. The van der Waals surface area contributed by atoms with Crippen LogP contribution in [0.5, 0.6) is 0 Å². The van der Waals surface area contributed by atoms with Gasteiger partial charge in [-0.25, -0.2) is 14.8 Å². The van der Waals surface area contributed by atoms with E-state index in [4.69, 9.17) is 4.74 Å². The lowest BCUT2D eigenvalue weighted by atomic mass is 9.84. The second kappa shape index (κ2) is 11.1. The van der Waals surface area contributed by atoms with Crippen LogP contribution in [0.2, 0.25) is 0 Å². The Balaban J connectivity index is 1.49. The number of unbranched alkanes of at least 4 members (excludes halogenated alkanes) is 2. The maximum Gasteiger partial charge on any atom is 0.338 e. The first-order valence-electron chi connectivity index (χ1n) is 11.3. The molecule has 0 unspecified atom stereocenters. The molecular formula is C25H34N2O2. The monoisotopic (exact) mass is 394 g/mol. The SMILES string of the molecule is CCCCCC1CCC(OC(=O)c2ccc(-c3ncc(CCC)cn3)cc2)CC1. The van der Waals surface area contributed by atoms with E-state index in [0.717, 1.165) is 42.7 Å². The summed E-state index contributed by atoms with van der Waals surface area (Å²) in [5.41, 5.74) is 2.66. The van der Waals surface area contributed by atoms with E-state index in [-0.39, 0.29) is 12.1 Å². The van der Waals surface area contributed by atoms with Crippen LogP contribution in [-0.2, 0) is 11.2 Å². The fourth-order valence-corrected chi connectivity index (χ4v) is 4.12. The Morgan fingerprint density at radius 1 is 0.966 bits per heavy atom. The summed E-state index contributed by atoms with van der Waals surface area (Å²) < 4.78 is 5.77. The summed E-state index contributed by atoms with van der Waals surface area (Å²) in [5, 5.41) is 0. The molecule has 0 N–H and O–H groups in total. The zero-order valence-electron chi connectivity index (χ0n) is 17.9. The third kappa shape index (κ3) is 6.38. The molecule has 4 nitrogen and oxygen atoms in total. The first kappa shape index (κ1) is 21.5. The Morgan fingerprint density at radius 2 is 1.66 bits per heavy atom. The molecule has 0 spiro atoms. The summed E-state index contributed by atoms with van der Waals surface area (Å²) >= 11 is 0. The number of nitrogens with zero attached hydrogens (tertiary/aromatic N) is 2. The minimum absolute atomic E-state index is 0.0686. The maximum atomic E-state index is 12.5. The minimum atomic E-state index is -0.217. The van der Waals surface area contributed by atoms with Gasteiger partial charge in [-0.3, -0.25) is 0 Å². The minimum Gasteiger partial charge on any atom is -0.459 e. The number of hydrogen-bond donors (Lipinski definition) is 0. The molecule has 3 rings (SSSR count). The highest BCUT2D eigenvalue weighted by Gasteiger charge is 2.24. The lowest BCUT2D eigenvalue weighted by molar-refractivity contribution is 0.0161. The summed E-state index contributed by atoms with van der Waals surface area (Å²) in [4.78, 5) is 21.4. The van der Waals surface area contributed by atoms with E-state index in [2.05, 4.69) is 23.8 Å². The quantitative estimate of drug-likeness (QED) is 0.365. The van der Waals surface area contributed by atoms with Gasteiger partial charge >= 0.3 is 5.97 Å². The summed E-state index contributed by atoms with van der Waals surface area (Å²) in [6.45, 7) is 4.39. The lowest BCUT2D eigenvalue weighted by Gasteiger charge is -2.28. The van der Waals surface area contributed by atoms with Crippen LogP contribution < -0.4 is 0 Å². The maximum absolute atomic E-state index is 12.5. The van der Waals surface area contributed by atoms with E-state index in [1.807, 2.05) is 36.7 Å². The van der Waals surface area contributed by atoms with Crippen LogP contribution in [0.15, 0.2) is 36.7 Å². The van der Waals surface area contributed by atoms with Crippen molar-refractivity contribution in [2.45, 2.75) is 84.2 Å². The topological polar surface area (TPSA) is 52.1 Å². The van der Waals surface area contributed by atoms with Crippen LogP contribution in [0.4, 0.5) is 0 Å². The Hall–Kier alpha value is -2.23. The van der Waals surface area contributed by atoms with Gasteiger partial charge in [0.05, 0.1) is 5.56 Å². The highest BCUT2D eigenvalue weighted by atomic mass is 16.5. The first-order valence-corrected chi connectivity index (χ1v) is 11.3. The Bertz CT molecular complexity index is 747. The van der Waals surface area contributed by atoms with Crippen molar-refractivity contribution in [3.05, 3.63) is 47.8 Å². The van der Waals surface area contributed by atoms with E-state index in [1.54, 1.807) is 0 Å². The highest BCUT2D eigenvalue weighted by Crippen LogP contribution is 2.30. The Labute approximate surface area is 175 Å². The number of benzene rings is 1. The van der Waals surface area contributed by atoms with Crippen molar-refractivity contribution >= 4 is 5.97 Å². The predicted molar refractivity (Wildman–Crippen MR) is 117 cm³/mol. The Kier molecular flexibility index (Phi) is 8.21. The molecule has 156 valence electrons. The number of aryl methyl sites for hydroxylation is 1. The molecule has 4 heteroatoms. The van der Waals surface area contributed by atoms with Gasteiger partial charge in [0.1, 0.15) is 6.10 Å². The number of rotatable bonds is 9. The summed E-state index contributed by atoms with van der Waals surface area (Å²) in [7, 11) is 0. The van der Waals surface area contributed by atoms with Crippen LogP contribution in [-0.4, -0.2) is 22.0 Å². The largest absolute Gasteiger partial charge is 0.459 e. The van der Waals surface area contributed by atoms with Gasteiger partial charge in [-0.1, -0.05) is 58.1 Å². The molecule has 1 aliphatic rings. The van der Waals surface area contributed by atoms with Gasteiger partial charge in [0, 0.05) is 18.0 Å². The Morgan fingerprint density at radius 3 is 2.28 bits per heavy atom. The van der Waals surface area contributed by atoms with Gasteiger partial charge in [-0.15, -0.1) is 0 Å². The predicted octanol–water partition coefficient (Wildman–Crippen LogP) is 6.39. The fraction of sp³-hybridized carbons (Fsp3) is 0.560. The molecule has 0 saturated heterocycles. The average Bonchev–Trinajstić information content (AvgIpc) is 2.76. The molecule has 1 aromatic heterocycles. The van der Waals surface area contributed by atoms with Gasteiger partial charge < -0.3 is 4.74 Å². The van der Waals surface area contributed by atoms with E-state index in [9.17, 15) is 4.79 Å². The number of carbonyl (C=O) groups is 1. The number of hydrogen-bond acceptors (Lipinski definition) is 4. The van der Waals surface area contributed by atoms with Crippen LogP contribution in [0.1, 0.15) is 87.6 Å². The van der Waals surface area contributed by atoms with Gasteiger partial charge in [0.25, 0.3) is 0 Å². The van der Waals surface area contributed by atoms with E-state index in [1.165, 1.54) is 38.5 Å². The van der Waals surface area contributed by atoms with Gasteiger partial charge in [-0.2, -0.15) is 0 Å². The number of aromatic nitrogens is 2. The summed E-state index contributed by atoms with van der Waals surface area (Å²) in [6, 6.07) is 7.43. The lowest BCUT2D eigenvalue weighted by Crippen LogP contribution is -2.24. The van der Waals surface area contributed by atoms with Crippen molar-refractivity contribution in [2.24, 2.45) is 5.92 Å².